The van der Waals surface area contributed by atoms with Crippen molar-refractivity contribution >= 4 is 30.3 Å². The van der Waals surface area contributed by atoms with Crippen LogP contribution in [0.5, 0.6) is 5.75 Å². The Morgan fingerprint density at radius 3 is 2.96 bits per heavy atom. The zero-order valence-electron chi connectivity index (χ0n) is 13.3. The van der Waals surface area contributed by atoms with Gasteiger partial charge in [0, 0.05) is 22.6 Å². The molecule has 0 saturated carbocycles. The fraction of sp³-hybridized carbons (Fsp3) is 0.533. The average Bonchev–Trinajstić information content (AvgIpc) is 2.69. The van der Waals surface area contributed by atoms with Gasteiger partial charge < -0.3 is 24.1 Å². The van der Waals surface area contributed by atoms with Crippen molar-refractivity contribution in [1.82, 2.24) is 5.32 Å². The fourth-order valence-corrected chi connectivity index (χ4v) is 2.93. The zero-order chi connectivity index (χ0) is 16.6. The van der Waals surface area contributed by atoms with Crippen LogP contribution in [0.4, 0.5) is 4.79 Å². The Balaban J connectivity index is 1.76. The van der Waals surface area contributed by atoms with Crippen molar-refractivity contribution in [3.05, 3.63) is 22.7 Å². The molecule has 0 fully saturated rings. The number of hydrogen-bond donors (Lipinski definition) is 1. The normalized spacial score (nSPS) is 19.7. The Kier molecular flexibility index (Phi) is 4.44. The summed E-state index contributed by atoms with van der Waals surface area (Å²) in [5.41, 5.74) is 1.06. The third-order valence-electron chi connectivity index (χ3n) is 3.48. The molecule has 1 amide bonds. The molecule has 8 heteroatoms. The molecule has 0 bridgehead atoms. The van der Waals surface area contributed by atoms with Crippen molar-refractivity contribution in [1.29, 1.82) is 0 Å². The number of rotatable bonds is 2. The lowest BCUT2D eigenvalue weighted by molar-refractivity contribution is 0.0494. The second kappa shape index (κ2) is 6.22. The van der Waals surface area contributed by atoms with E-state index in [1.807, 2.05) is 26.8 Å². The second-order valence-corrected chi connectivity index (χ2v) is 6.84. The Labute approximate surface area is 140 Å². The number of benzene rings is 1. The van der Waals surface area contributed by atoms with Crippen LogP contribution in [-0.4, -0.2) is 38.6 Å². The number of carbonyl (C=O) groups is 1. The molecule has 1 atom stereocenters. The number of hydrogen-bond acceptors (Lipinski definition) is 5. The van der Waals surface area contributed by atoms with Gasteiger partial charge in [0.1, 0.15) is 18.0 Å². The third kappa shape index (κ3) is 3.57. The van der Waals surface area contributed by atoms with Crippen LogP contribution in [0.3, 0.4) is 0 Å². The van der Waals surface area contributed by atoms with Gasteiger partial charge in [-0.2, -0.15) is 0 Å². The monoisotopic (exact) mass is 339 g/mol. The molecular weight excluding hydrogens is 320 g/mol. The van der Waals surface area contributed by atoms with E-state index in [0.29, 0.717) is 24.0 Å². The van der Waals surface area contributed by atoms with E-state index in [1.165, 1.54) is 0 Å². The van der Waals surface area contributed by atoms with E-state index in [2.05, 4.69) is 5.32 Å². The minimum atomic E-state index is -0.552. The predicted molar refractivity (Wildman–Crippen MR) is 86.3 cm³/mol. The molecular formula is C15H19BClNO5. The topological polar surface area (TPSA) is 66.0 Å². The first-order valence-electron chi connectivity index (χ1n) is 7.54. The van der Waals surface area contributed by atoms with E-state index in [1.54, 1.807) is 6.07 Å². The quantitative estimate of drug-likeness (QED) is 0.835. The van der Waals surface area contributed by atoms with Gasteiger partial charge in [-0.25, -0.2) is 4.79 Å². The minimum absolute atomic E-state index is 0.241. The van der Waals surface area contributed by atoms with Gasteiger partial charge in [0.2, 0.25) is 0 Å². The van der Waals surface area contributed by atoms with Crippen LogP contribution in [0.15, 0.2) is 12.1 Å². The molecule has 0 aromatic heterocycles. The molecule has 3 rings (SSSR count). The van der Waals surface area contributed by atoms with Gasteiger partial charge in [-0.05, 0) is 32.9 Å². The van der Waals surface area contributed by atoms with Gasteiger partial charge in [-0.3, -0.25) is 0 Å². The summed E-state index contributed by atoms with van der Waals surface area (Å²) in [6.07, 6.45) is -0.903. The molecule has 1 unspecified atom stereocenters. The van der Waals surface area contributed by atoms with E-state index in [4.69, 9.17) is 30.4 Å². The summed E-state index contributed by atoms with van der Waals surface area (Å²) in [5, 5.41) is 3.27. The molecule has 0 saturated heterocycles. The summed E-state index contributed by atoms with van der Waals surface area (Å²) < 4.78 is 22.4. The van der Waals surface area contributed by atoms with Crippen LogP contribution < -0.4 is 15.5 Å². The molecule has 0 spiro atoms. The highest BCUT2D eigenvalue weighted by atomic mass is 35.5. The highest BCUT2D eigenvalue weighted by Gasteiger charge is 2.43. The molecule has 2 aliphatic heterocycles. The van der Waals surface area contributed by atoms with Crippen LogP contribution in [0.1, 0.15) is 32.4 Å². The summed E-state index contributed by atoms with van der Waals surface area (Å²) in [6.45, 7) is 6.57. The molecule has 0 aliphatic carbocycles. The second-order valence-electron chi connectivity index (χ2n) is 6.43. The molecule has 1 aromatic carbocycles. The summed E-state index contributed by atoms with van der Waals surface area (Å²) in [6, 6.07) is 3.59. The Hall–Kier alpha value is -1.44. The largest absolute Gasteiger partial charge is 0.498 e. The summed E-state index contributed by atoms with van der Waals surface area (Å²) in [7, 11) is -0.522. The highest BCUT2D eigenvalue weighted by Crippen LogP contribution is 2.34. The third-order valence-corrected chi connectivity index (χ3v) is 3.81. The maximum Gasteiger partial charge on any atom is 0.498 e. The lowest BCUT2D eigenvalue weighted by Gasteiger charge is -2.21. The summed E-state index contributed by atoms with van der Waals surface area (Å²) in [5.74, 6) is 0.715. The highest BCUT2D eigenvalue weighted by molar-refractivity contribution is 6.64. The van der Waals surface area contributed by atoms with E-state index in [0.717, 1.165) is 11.0 Å². The first kappa shape index (κ1) is 16.4. The number of alkyl carbamates (subject to hydrolysis) is 1. The van der Waals surface area contributed by atoms with Crippen LogP contribution in [0.25, 0.3) is 0 Å². The molecule has 23 heavy (non-hydrogen) atoms. The Morgan fingerprint density at radius 1 is 1.43 bits per heavy atom. The molecule has 124 valence electrons. The van der Waals surface area contributed by atoms with Crippen LogP contribution >= 0.6 is 11.6 Å². The van der Waals surface area contributed by atoms with Crippen molar-refractivity contribution in [2.75, 3.05) is 19.8 Å². The van der Waals surface area contributed by atoms with Crippen LogP contribution in [-0.2, 0) is 14.0 Å². The average molecular weight is 340 g/mol. The van der Waals surface area contributed by atoms with E-state index < -0.39 is 24.9 Å². The van der Waals surface area contributed by atoms with Crippen molar-refractivity contribution < 1.29 is 23.6 Å². The SMILES string of the molecule is CC(C)(C)OC(=O)NCC1OB2OCCOc3ccc(Cl)c1c32. The summed E-state index contributed by atoms with van der Waals surface area (Å²) >= 11 is 6.32. The number of ether oxygens (including phenoxy) is 2. The van der Waals surface area contributed by atoms with Crippen molar-refractivity contribution in [2.45, 2.75) is 32.5 Å². The lowest BCUT2D eigenvalue weighted by Crippen LogP contribution is -2.35. The van der Waals surface area contributed by atoms with Gasteiger partial charge in [0.25, 0.3) is 0 Å². The molecule has 0 radical (unpaired) electrons. The maximum atomic E-state index is 11.8. The lowest BCUT2D eigenvalue weighted by atomic mass is 9.78. The molecule has 6 nitrogen and oxygen atoms in total. The number of nitrogens with one attached hydrogen (secondary N) is 1. The Morgan fingerprint density at radius 2 is 2.22 bits per heavy atom. The van der Waals surface area contributed by atoms with Crippen molar-refractivity contribution in [3.63, 3.8) is 0 Å². The number of halogens is 1. The van der Waals surface area contributed by atoms with E-state index in [-0.39, 0.29) is 6.54 Å². The summed E-state index contributed by atoms with van der Waals surface area (Å²) in [4.78, 5) is 11.8. The van der Waals surface area contributed by atoms with Gasteiger partial charge in [0.15, 0.2) is 0 Å². The van der Waals surface area contributed by atoms with Crippen molar-refractivity contribution in [2.24, 2.45) is 0 Å². The van der Waals surface area contributed by atoms with Gasteiger partial charge in [-0.1, -0.05) is 11.6 Å². The van der Waals surface area contributed by atoms with Crippen LogP contribution in [0.2, 0.25) is 5.02 Å². The first-order valence-corrected chi connectivity index (χ1v) is 7.92. The first-order chi connectivity index (χ1) is 10.8. The molecule has 2 aliphatic rings. The maximum absolute atomic E-state index is 11.8. The van der Waals surface area contributed by atoms with Gasteiger partial charge >= 0.3 is 13.2 Å². The predicted octanol–water partition coefficient (Wildman–Crippen LogP) is 2.04. The van der Waals surface area contributed by atoms with Gasteiger partial charge in [0.05, 0.1) is 12.7 Å². The Bertz CT molecular complexity index is 619. The molecule has 1 aromatic rings. The van der Waals surface area contributed by atoms with E-state index >= 15 is 0 Å². The smallest absolute Gasteiger partial charge is 0.492 e. The standard InChI is InChI=1S/C15H19BClNO5/c1-15(2,3)22-14(19)18-8-11-12-9(17)4-5-10-13(12)16(23-11)21-7-6-20-10/h4-5,11H,6-8H2,1-3H3,(H,18,19). The van der Waals surface area contributed by atoms with Crippen LogP contribution in [0, 0.1) is 0 Å². The molecule has 1 N–H and O–H groups in total. The molecule has 2 heterocycles. The van der Waals surface area contributed by atoms with Crippen molar-refractivity contribution in [3.8, 4) is 5.75 Å². The number of amides is 1. The zero-order valence-corrected chi connectivity index (χ0v) is 14.1. The minimum Gasteiger partial charge on any atom is -0.492 e. The van der Waals surface area contributed by atoms with E-state index in [9.17, 15) is 4.79 Å². The number of carbonyl (C=O) groups excluding carboxylic acids is 1. The van der Waals surface area contributed by atoms with Gasteiger partial charge in [-0.15, -0.1) is 0 Å². The fourth-order valence-electron chi connectivity index (χ4n) is 2.64.